The average molecular weight is 227 g/mol. The van der Waals surface area contributed by atoms with Gasteiger partial charge in [0.15, 0.2) is 0 Å². The lowest BCUT2D eigenvalue weighted by atomic mass is 10.1. The second kappa shape index (κ2) is 3.91. The molecule has 4 nitrogen and oxygen atoms in total. The molecule has 16 heavy (non-hydrogen) atoms. The van der Waals surface area contributed by atoms with Crippen LogP contribution in [0.25, 0.3) is 0 Å². The van der Waals surface area contributed by atoms with Crippen molar-refractivity contribution in [2.24, 2.45) is 5.92 Å². The van der Waals surface area contributed by atoms with Crippen molar-refractivity contribution in [3.05, 3.63) is 0 Å². The van der Waals surface area contributed by atoms with Gasteiger partial charge in [-0.3, -0.25) is 0 Å². The number of nitrogens with zero attached hydrogens (tertiary/aromatic N) is 1. The van der Waals surface area contributed by atoms with Crippen LogP contribution < -0.4 is 0 Å². The predicted molar refractivity (Wildman–Crippen MR) is 60.1 cm³/mol. The van der Waals surface area contributed by atoms with Gasteiger partial charge in [0, 0.05) is 18.5 Å². The van der Waals surface area contributed by atoms with E-state index in [9.17, 15) is 9.90 Å². The minimum Gasteiger partial charge on any atom is -0.443 e. The van der Waals surface area contributed by atoms with E-state index in [2.05, 4.69) is 0 Å². The number of hydrogen-bond acceptors (Lipinski definition) is 3. The van der Waals surface area contributed by atoms with Gasteiger partial charge in [0.05, 0.1) is 6.10 Å². The van der Waals surface area contributed by atoms with E-state index in [0.29, 0.717) is 13.0 Å². The standard InChI is InChI=1S/C12H21NO3/c1-4-12(2,3)16-11(15)13-7-8-5-9(13)6-10(8)14/h8-10,14H,4-7H2,1-3H3/t8-,9-,10?/m0/s1. The molecule has 1 saturated heterocycles. The number of ether oxygens (including phenoxy) is 1. The molecule has 3 atom stereocenters. The Balaban J connectivity index is 1.93. The first kappa shape index (κ1) is 11.7. The summed E-state index contributed by atoms with van der Waals surface area (Å²) >= 11 is 0. The van der Waals surface area contributed by atoms with E-state index in [0.717, 1.165) is 12.8 Å². The van der Waals surface area contributed by atoms with Crippen LogP contribution in [-0.4, -0.2) is 40.4 Å². The fourth-order valence-electron chi connectivity index (χ4n) is 2.52. The van der Waals surface area contributed by atoms with Gasteiger partial charge in [-0.25, -0.2) is 4.79 Å². The molecule has 2 fully saturated rings. The Morgan fingerprint density at radius 2 is 2.19 bits per heavy atom. The molecule has 0 spiro atoms. The highest BCUT2D eigenvalue weighted by Crippen LogP contribution is 2.38. The van der Waals surface area contributed by atoms with Gasteiger partial charge in [0.1, 0.15) is 5.60 Å². The highest BCUT2D eigenvalue weighted by atomic mass is 16.6. The van der Waals surface area contributed by atoms with Crippen molar-refractivity contribution < 1.29 is 14.6 Å². The van der Waals surface area contributed by atoms with Crippen LogP contribution in [0.3, 0.4) is 0 Å². The smallest absolute Gasteiger partial charge is 0.410 e. The molecule has 2 rings (SSSR count). The molecule has 0 aromatic carbocycles. The predicted octanol–water partition coefficient (Wildman–Crippen LogP) is 1.77. The summed E-state index contributed by atoms with van der Waals surface area (Å²) < 4.78 is 5.46. The Labute approximate surface area is 96.6 Å². The fraction of sp³-hybridized carbons (Fsp3) is 0.917. The number of carbonyl (C=O) groups is 1. The zero-order valence-electron chi connectivity index (χ0n) is 10.3. The molecule has 1 aliphatic heterocycles. The Morgan fingerprint density at radius 1 is 1.50 bits per heavy atom. The van der Waals surface area contributed by atoms with Crippen molar-refractivity contribution in [2.45, 2.75) is 57.8 Å². The molecular weight excluding hydrogens is 206 g/mol. The number of piperidine rings is 1. The molecule has 1 heterocycles. The summed E-state index contributed by atoms with van der Waals surface area (Å²) in [7, 11) is 0. The monoisotopic (exact) mass is 227 g/mol. The van der Waals surface area contributed by atoms with Gasteiger partial charge in [-0.05, 0) is 33.1 Å². The molecule has 0 aromatic rings. The minimum atomic E-state index is -0.391. The molecule has 4 heteroatoms. The van der Waals surface area contributed by atoms with Gasteiger partial charge in [0.2, 0.25) is 0 Å². The average Bonchev–Trinajstić information content (AvgIpc) is 2.75. The third-order valence-corrected chi connectivity index (χ3v) is 3.95. The van der Waals surface area contributed by atoms with Crippen LogP contribution in [0.15, 0.2) is 0 Å². The number of likely N-dealkylation sites (tertiary alicyclic amines) is 1. The molecule has 92 valence electrons. The molecule has 0 radical (unpaired) electrons. The summed E-state index contributed by atoms with van der Waals surface area (Å²) in [6.07, 6.45) is 2.03. The zero-order chi connectivity index (χ0) is 11.9. The Morgan fingerprint density at radius 3 is 2.62 bits per heavy atom. The van der Waals surface area contributed by atoms with E-state index in [-0.39, 0.29) is 24.2 Å². The molecule has 1 amide bonds. The van der Waals surface area contributed by atoms with Crippen LogP contribution in [0.2, 0.25) is 0 Å². The summed E-state index contributed by atoms with van der Waals surface area (Å²) in [5.41, 5.74) is -0.391. The van der Waals surface area contributed by atoms with E-state index >= 15 is 0 Å². The van der Waals surface area contributed by atoms with Gasteiger partial charge in [-0.15, -0.1) is 0 Å². The summed E-state index contributed by atoms with van der Waals surface area (Å²) in [5, 5.41) is 9.62. The Hall–Kier alpha value is -0.770. The highest BCUT2D eigenvalue weighted by molar-refractivity contribution is 5.69. The van der Waals surface area contributed by atoms with Crippen LogP contribution in [0, 0.1) is 5.92 Å². The first-order chi connectivity index (χ1) is 7.43. The SMILES string of the molecule is CCC(C)(C)OC(=O)N1C[C@@H]2C[C@H]1CC2O. The first-order valence-corrected chi connectivity index (χ1v) is 6.10. The van der Waals surface area contributed by atoms with Crippen molar-refractivity contribution in [1.82, 2.24) is 4.90 Å². The lowest BCUT2D eigenvalue weighted by molar-refractivity contribution is -0.00267. The topological polar surface area (TPSA) is 49.8 Å². The lowest BCUT2D eigenvalue weighted by Crippen LogP contribution is -2.44. The number of aliphatic hydroxyl groups excluding tert-OH is 1. The molecular formula is C12H21NO3. The maximum absolute atomic E-state index is 11.9. The van der Waals surface area contributed by atoms with E-state index < -0.39 is 5.60 Å². The van der Waals surface area contributed by atoms with Gasteiger partial charge >= 0.3 is 6.09 Å². The molecule has 1 N–H and O–H groups in total. The van der Waals surface area contributed by atoms with Crippen LogP contribution in [0.5, 0.6) is 0 Å². The van der Waals surface area contributed by atoms with E-state index in [1.807, 2.05) is 20.8 Å². The normalized spacial score (nSPS) is 33.2. The maximum atomic E-state index is 11.9. The van der Waals surface area contributed by atoms with Gasteiger partial charge in [-0.2, -0.15) is 0 Å². The number of aliphatic hydroxyl groups is 1. The largest absolute Gasteiger partial charge is 0.443 e. The van der Waals surface area contributed by atoms with Crippen LogP contribution in [-0.2, 0) is 4.74 Å². The van der Waals surface area contributed by atoms with Crippen LogP contribution in [0.1, 0.15) is 40.0 Å². The third kappa shape index (κ3) is 2.03. The summed E-state index contributed by atoms with van der Waals surface area (Å²) in [6.45, 7) is 6.51. The van der Waals surface area contributed by atoms with Gasteiger partial charge in [0.25, 0.3) is 0 Å². The molecule has 1 unspecified atom stereocenters. The number of carbonyl (C=O) groups excluding carboxylic acids is 1. The Bertz CT molecular complexity index is 288. The maximum Gasteiger partial charge on any atom is 0.410 e. The fourth-order valence-corrected chi connectivity index (χ4v) is 2.52. The molecule has 2 aliphatic rings. The van der Waals surface area contributed by atoms with Crippen molar-refractivity contribution in [3.63, 3.8) is 0 Å². The molecule has 1 saturated carbocycles. The number of rotatable bonds is 2. The van der Waals surface area contributed by atoms with Crippen molar-refractivity contribution in [3.8, 4) is 0 Å². The Kier molecular flexibility index (Phi) is 2.86. The van der Waals surface area contributed by atoms with E-state index in [1.165, 1.54) is 0 Å². The van der Waals surface area contributed by atoms with Crippen molar-refractivity contribution in [2.75, 3.05) is 6.54 Å². The minimum absolute atomic E-state index is 0.195. The molecule has 1 aliphatic carbocycles. The number of fused-ring (bicyclic) bond motifs is 2. The van der Waals surface area contributed by atoms with E-state index in [4.69, 9.17) is 4.74 Å². The highest BCUT2D eigenvalue weighted by Gasteiger charge is 2.47. The first-order valence-electron chi connectivity index (χ1n) is 6.10. The second-order valence-corrected chi connectivity index (χ2v) is 5.59. The van der Waals surface area contributed by atoms with Gasteiger partial charge in [-0.1, -0.05) is 6.92 Å². The van der Waals surface area contributed by atoms with Gasteiger partial charge < -0.3 is 14.7 Å². The summed E-state index contributed by atoms with van der Waals surface area (Å²) in [4.78, 5) is 13.7. The van der Waals surface area contributed by atoms with Crippen LogP contribution >= 0.6 is 0 Å². The number of amides is 1. The summed E-state index contributed by atoms with van der Waals surface area (Å²) in [5.74, 6) is 0.266. The third-order valence-electron chi connectivity index (χ3n) is 3.95. The zero-order valence-corrected chi connectivity index (χ0v) is 10.3. The van der Waals surface area contributed by atoms with E-state index in [1.54, 1.807) is 4.90 Å². The van der Waals surface area contributed by atoms with Crippen molar-refractivity contribution in [1.29, 1.82) is 0 Å². The summed E-state index contributed by atoms with van der Waals surface area (Å²) in [6, 6.07) is 0.195. The number of hydrogen-bond donors (Lipinski definition) is 1. The molecule has 2 bridgehead atoms. The van der Waals surface area contributed by atoms with Crippen LogP contribution in [0.4, 0.5) is 4.79 Å². The lowest BCUT2D eigenvalue weighted by Gasteiger charge is -2.32. The quantitative estimate of drug-likeness (QED) is 0.782. The second-order valence-electron chi connectivity index (χ2n) is 5.59. The van der Waals surface area contributed by atoms with Crippen molar-refractivity contribution >= 4 is 6.09 Å². The molecule has 0 aromatic heterocycles.